The monoisotopic (exact) mass is 410 g/mol. The van der Waals surface area contributed by atoms with Crippen LogP contribution in [0.2, 0.25) is 0 Å². The molecule has 1 aromatic heterocycles. The number of aryl methyl sites for hydroxylation is 1. The summed E-state index contributed by atoms with van der Waals surface area (Å²) in [6, 6.07) is 14.5. The third-order valence-corrected chi connectivity index (χ3v) is 4.89. The molecule has 1 heterocycles. The predicted octanol–water partition coefficient (Wildman–Crippen LogP) is 3.03. The van der Waals surface area contributed by atoms with Gasteiger partial charge in [0.05, 0.1) is 26.3 Å². The third kappa shape index (κ3) is 4.92. The third-order valence-electron chi connectivity index (χ3n) is 4.89. The summed E-state index contributed by atoms with van der Waals surface area (Å²) in [5.41, 5.74) is 1.55. The van der Waals surface area contributed by atoms with E-state index in [1.165, 1.54) is 6.07 Å². The fraction of sp³-hybridized carbons (Fsp3) is 0.304. The molecular weight excluding hydrogens is 384 g/mol. The van der Waals surface area contributed by atoms with Gasteiger partial charge in [0.15, 0.2) is 0 Å². The second kappa shape index (κ2) is 9.82. The first kappa shape index (κ1) is 21.2. The SMILES string of the molecule is COc1ccc(CNC(=O)CCCOc2cc(=O)n(C)c3ccccc23)c(OC)c1. The van der Waals surface area contributed by atoms with E-state index >= 15 is 0 Å². The summed E-state index contributed by atoms with van der Waals surface area (Å²) in [7, 11) is 4.91. The van der Waals surface area contributed by atoms with E-state index in [9.17, 15) is 9.59 Å². The molecule has 0 unspecified atom stereocenters. The number of methoxy groups -OCH3 is 2. The number of nitrogens with one attached hydrogen (secondary N) is 1. The van der Waals surface area contributed by atoms with Crippen molar-refractivity contribution in [1.29, 1.82) is 0 Å². The van der Waals surface area contributed by atoms with Crippen LogP contribution in [0.5, 0.6) is 17.2 Å². The van der Waals surface area contributed by atoms with Crippen LogP contribution in [0.25, 0.3) is 10.9 Å². The number of hydrogen-bond donors (Lipinski definition) is 1. The van der Waals surface area contributed by atoms with Gasteiger partial charge in [0.25, 0.3) is 5.56 Å². The van der Waals surface area contributed by atoms with Gasteiger partial charge in [0.2, 0.25) is 5.91 Å². The minimum absolute atomic E-state index is 0.0784. The first-order chi connectivity index (χ1) is 14.5. The zero-order valence-electron chi connectivity index (χ0n) is 17.4. The van der Waals surface area contributed by atoms with Crippen LogP contribution in [0.3, 0.4) is 0 Å². The van der Waals surface area contributed by atoms with Crippen LogP contribution in [-0.4, -0.2) is 31.3 Å². The van der Waals surface area contributed by atoms with Crippen molar-refractivity contribution in [3.8, 4) is 17.2 Å². The van der Waals surface area contributed by atoms with Crippen molar-refractivity contribution in [3.05, 3.63) is 64.4 Å². The molecule has 3 aromatic rings. The van der Waals surface area contributed by atoms with Crippen LogP contribution in [0, 0.1) is 0 Å². The summed E-state index contributed by atoms with van der Waals surface area (Å²) in [6.07, 6.45) is 0.858. The average Bonchev–Trinajstić information content (AvgIpc) is 2.78. The van der Waals surface area contributed by atoms with Gasteiger partial charge < -0.3 is 24.1 Å². The fourth-order valence-electron chi connectivity index (χ4n) is 3.19. The molecule has 0 bridgehead atoms. The van der Waals surface area contributed by atoms with Crippen molar-refractivity contribution >= 4 is 16.8 Å². The molecule has 0 fully saturated rings. The van der Waals surface area contributed by atoms with Gasteiger partial charge in [-0.1, -0.05) is 12.1 Å². The van der Waals surface area contributed by atoms with Gasteiger partial charge in [-0.2, -0.15) is 0 Å². The number of benzene rings is 2. The van der Waals surface area contributed by atoms with E-state index in [0.717, 1.165) is 16.5 Å². The number of hydrogen-bond acceptors (Lipinski definition) is 5. The van der Waals surface area contributed by atoms with Gasteiger partial charge in [-0.25, -0.2) is 0 Å². The van der Waals surface area contributed by atoms with Gasteiger partial charge in [0, 0.05) is 43.1 Å². The first-order valence-corrected chi connectivity index (χ1v) is 9.72. The van der Waals surface area contributed by atoms with Crippen LogP contribution in [0.4, 0.5) is 0 Å². The Morgan fingerprint density at radius 1 is 1.03 bits per heavy atom. The molecular formula is C23H26N2O5. The quantitative estimate of drug-likeness (QED) is 0.549. The van der Waals surface area contributed by atoms with Gasteiger partial charge in [0.1, 0.15) is 17.2 Å². The summed E-state index contributed by atoms with van der Waals surface area (Å²) < 4.78 is 17.9. The number of para-hydroxylation sites is 1. The van der Waals surface area contributed by atoms with Gasteiger partial charge in [-0.3, -0.25) is 9.59 Å². The lowest BCUT2D eigenvalue weighted by Gasteiger charge is -2.12. The molecule has 0 atom stereocenters. The van der Waals surface area contributed by atoms with E-state index in [4.69, 9.17) is 14.2 Å². The molecule has 0 saturated heterocycles. The molecule has 0 radical (unpaired) electrons. The maximum Gasteiger partial charge on any atom is 0.254 e. The number of rotatable bonds is 9. The predicted molar refractivity (Wildman–Crippen MR) is 115 cm³/mol. The largest absolute Gasteiger partial charge is 0.497 e. The Morgan fingerprint density at radius 3 is 2.60 bits per heavy atom. The summed E-state index contributed by atoms with van der Waals surface area (Å²) in [5.74, 6) is 1.82. The molecule has 0 spiro atoms. The van der Waals surface area contributed by atoms with Crippen molar-refractivity contribution < 1.29 is 19.0 Å². The number of amides is 1. The van der Waals surface area contributed by atoms with Crippen molar-refractivity contribution in [2.45, 2.75) is 19.4 Å². The maximum absolute atomic E-state index is 12.2. The van der Waals surface area contributed by atoms with Crippen molar-refractivity contribution in [1.82, 2.24) is 9.88 Å². The zero-order chi connectivity index (χ0) is 21.5. The van der Waals surface area contributed by atoms with Crippen LogP contribution >= 0.6 is 0 Å². The molecule has 2 aromatic carbocycles. The molecule has 3 rings (SSSR count). The molecule has 7 heteroatoms. The smallest absolute Gasteiger partial charge is 0.254 e. The van der Waals surface area contributed by atoms with E-state index in [1.54, 1.807) is 31.9 Å². The highest BCUT2D eigenvalue weighted by Gasteiger charge is 2.09. The van der Waals surface area contributed by atoms with Gasteiger partial charge >= 0.3 is 0 Å². The highest BCUT2D eigenvalue weighted by atomic mass is 16.5. The highest BCUT2D eigenvalue weighted by molar-refractivity contribution is 5.85. The number of nitrogens with zero attached hydrogens (tertiary/aromatic N) is 1. The molecule has 1 N–H and O–H groups in total. The lowest BCUT2D eigenvalue weighted by Crippen LogP contribution is -2.23. The lowest BCUT2D eigenvalue weighted by atomic mass is 10.2. The fourth-order valence-corrected chi connectivity index (χ4v) is 3.19. The van der Waals surface area contributed by atoms with Crippen LogP contribution in [0.15, 0.2) is 53.3 Å². The summed E-state index contributed by atoms with van der Waals surface area (Å²) in [5, 5.41) is 3.76. The standard InChI is InChI=1S/C23H26N2O5/c1-25-19-8-5-4-7-18(19)21(14-23(25)27)30-12-6-9-22(26)24-15-16-10-11-17(28-2)13-20(16)29-3/h4-5,7-8,10-11,13-14H,6,9,12,15H2,1-3H3,(H,24,26). The van der Waals surface area contributed by atoms with E-state index in [2.05, 4.69) is 5.32 Å². The Labute approximate surface area is 175 Å². The Bertz CT molecular complexity index is 1090. The minimum Gasteiger partial charge on any atom is -0.497 e. The second-order valence-corrected chi connectivity index (χ2v) is 6.83. The van der Waals surface area contributed by atoms with E-state index in [1.807, 2.05) is 36.4 Å². The molecule has 158 valence electrons. The average molecular weight is 410 g/mol. The summed E-state index contributed by atoms with van der Waals surface area (Å²) in [4.78, 5) is 24.3. The Balaban J connectivity index is 1.51. The maximum atomic E-state index is 12.2. The van der Waals surface area contributed by atoms with Gasteiger partial charge in [-0.15, -0.1) is 0 Å². The number of ether oxygens (including phenoxy) is 3. The zero-order valence-corrected chi connectivity index (χ0v) is 17.4. The van der Waals surface area contributed by atoms with Gasteiger partial charge in [-0.05, 0) is 30.7 Å². The minimum atomic E-state index is -0.130. The number of carbonyl (C=O) groups is 1. The summed E-state index contributed by atoms with van der Waals surface area (Å²) in [6.45, 7) is 0.711. The molecule has 0 aliphatic heterocycles. The Kier molecular flexibility index (Phi) is 6.95. The van der Waals surface area contributed by atoms with Crippen LogP contribution in [0.1, 0.15) is 18.4 Å². The molecule has 30 heavy (non-hydrogen) atoms. The van der Waals surface area contributed by atoms with Crippen LogP contribution in [-0.2, 0) is 18.4 Å². The van der Waals surface area contributed by atoms with Crippen molar-refractivity contribution in [2.24, 2.45) is 7.05 Å². The van der Waals surface area contributed by atoms with E-state index in [0.29, 0.717) is 43.2 Å². The molecule has 7 nitrogen and oxygen atoms in total. The number of aromatic nitrogens is 1. The highest BCUT2D eigenvalue weighted by Crippen LogP contribution is 2.25. The topological polar surface area (TPSA) is 78.8 Å². The van der Waals surface area contributed by atoms with E-state index < -0.39 is 0 Å². The second-order valence-electron chi connectivity index (χ2n) is 6.83. The number of pyridine rings is 1. The van der Waals surface area contributed by atoms with E-state index in [-0.39, 0.29) is 11.5 Å². The van der Waals surface area contributed by atoms with Crippen LogP contribution < -0.4 is 25.1 Å². The number of carbonyl (C=O) groups excluding carboxylic acids is 1. The lowest BCUT2D eigenvalue weighted by molar-refractivity contribution is -0.121. The normalized spacial score (nSPS) is 10.6. The van der Waals surface area contributed by atoms with Crippen molar-refractivity contribution in [2.75, 3.05) is 20.8 Å². The molecule has 0 aliphatic rings. The van der Waals surface area contributed by atoms with Crippen molar-refractivity contribution in [3.63, 3.8) is 0 Å². The number of fused-ring (bicyclic) bond motifs is 1. The Morgan fingerprint density at radius 2 is 1.83 bits per heavy atom. The Hall–Kier alpha value is -3.48. The molecule has 1 amide bonds. The molecule has 0 saturated carbocycles. The first-order valence-electron chi connectivity index (χ1n) is 9.72. The molecule has 0 aliphatic carbocycles. The summed E-state index contributed by atoms with van der Waals surface area (Å²) >= 11 is 0.